The average molecular weight is 376 g/mol. The lowest BCUT2D eigenvalue weighted by Gasteiger charge is -2.16. The molecule has 0 radical (unpaired) electrons. The number of benzene rings is 1. The van der Waals surface area contributed by atoms with Gasteiger partial charge >= 0.3 is 0 Å². The van der Waals surface area contributed by atoms with Gasteiger partial charge in [-0.25, -0.2) is 12.8 Å². The number of amides is 1. The Bertz CT molecular complexity index is 771. The van der Waals surface area contributed by atoms with Crippen LogP contribution >= 0.6 is 22.9 Å². The summed E-state index contributed by atoms with van der Waals surface area (Å²) in [7, 11) is -2.28. The summed E-state index contributed by atoms with van der Waals surface area (Å²) >= 11 is 7.33. The molecule has 0 bridgehead atoms. The molecule has 1 amide bonds. The van der Waals surface area contributed by atoms with Gasteiger partial charge < -0.3 is 4.90 Å². The molecule has 0 saturated carbocycles. The maximum absolute atomic E-state index is 13.7. The van der Waals surface area contributed by atoms with Crippen LogP contribution in [0, 0.1) is 5.82 Å². The zero-order valence-corrected chi connectivity index (χ0v) is 14.7. The van der Waals surface area contributed by atoms with Gasteiger partial charge in [-0.1, -0.05) is 17.7 Å². The lowest BCUT2D eigenvalue weighted by molar-refractivity contribution is -0.127. The van der Waals surface area contributed by atoms with Crippen LogP contribution in [0.4, 0.5) is 4.39 Å². The Labute approximate surface area is 143 Å². The van der Waals surface area contributed by atoms with Gasteiger partial charge in [0, 0.05) is 24.2 Å². The molecule has 0 aliphatic rings. The number of hydrogen-bond donors (Lipinski definition) is 0. The van der Waals surface area contributed by atoms with Gasteiger partial charge in [0.2, 0.25) is 5.91 Å². The van der Waals surface area contributed by atoms with Crippen LogP contribution in [0.25, 0.3) is 0 Å². The summed E-state index contributed by atoms with van der Waals surface area (Å²) in [5.41, 5.74) is 0.822. The van der Waals surface area contributed by atoms with Gasteiger partial charge in [0.25, 0.3) is 0 Å². The number of thiophene rings is 1. The Morgan fingerprint density at radius 2 is 2.09 bits per heavy atom. The van der Waals surface area contributed by atoms with E-state index in [1.54, 1.807) is 0 Å². The predicted octanol–water partition coefficient (Wildman–Crippen LogP) is 3.11. The fraction of sp³-hybridized carbons (Fsp3) is 0.267. The van der Waals surface area contributed by atoms with E-state index in [0.717, 1.165) is 11.6 Å². The standard InChI is InChI=1S/C15H15ClFNO3S2/c1-18(7-11-5-6-22-8-11)15(19)10-23(20,21)9-12-13(16)3-2-4-14(12)17/h2-6,8H,7,9-10H2,1H3. The Morgan fingerprint density at radius 1 is 1.35 bits per heavy atom. The number of carbonyl (C=O) groups is 1. The smallest absolute Gasteiger partial charge is 0.237 e. The number of rotatable bonds is 6. The normalized spacial score (nSPS) is 11.4. The summed E-state index contributed by atoms with van der Waals surface area (Å²) in [6.45, 7) is 0.332. The van der Waals surface area contributed by atoms with Crippen LogP contribution in [0.2, 0.25) is 5.02 Å². The second kappa shape index (κ2) is 7.42. The van der Waals surface area contributed by atoms with Crippen molar-refractivity contribution in [3.8, 4) is 0 Å². The van der Waals surface area contributed by atoms with E-state index in [0.29, 0.717) is 6.54 Å². The molecule has 2 rings (SSSR count). The maximum Gasteiger partial charge on any atom is 0.237 e. The molecule has 0 unspecified atom stereocenters. The Morgan fingerprint density at radius 3 is 2.70 bits per heavy atom. The Hall–Kier alpha value is -1.44. The number of sulfone groups is 1. The second-order valence-corrected chi connectivity index (χ2v) is 8.37. The Kier molecular flexibility index (Phi) is 5.78. The van der Waals surface area contributed by atoms with Gasteiger partial charge in [0.1, 0.15) is 11.6 Å². The van der Waals surface area contributed by atoms with E-state index in [2.05, 4.69) is 0 Å². The van der Waals surface area contributed by atoms with E-state index in [9.17, 15) is 17.6 Å². The molecule has 1 aromatic heterocycles. The molecule has 0 spiro atoms. The van der Waals surface area contributed by atoms with Gasteiger partial charge in [-0.3, -0.25) is 4.79 Å². The molecule has 124 valence electrons. The summed E-state index contributed by atoms with van der Waals surface area (Å²) < 4.78 is 38.0. The first-order chi connectivity index (χ1) is 10.8. The highest BCUT2D eigenvalue weighted by Crippen LogP contribution is 2.21. The molecule has 0 aliphatic heterocycles. The van der Waals surface area contributed by atoms with Crippen molar-refractivity contribution in [2.24, 2.45) is 0 Å². The summed E-state index contributed by atoms with van der Waals surface area (Å²) in [5, 5.41) is 3.80. The van der Waals surface area contributed by atoms with Gasteiger partial charge in [0.05, 0.1) is 5.75 Å². The third-order valence-electron chi connectivity index (χ3n) is 3.19. The molecular weight excluding hydrogens is 361 g/mol. The zero-order valence-electron chi connectivity index (χ0n) is 12.3. The third-order valence-corrected chi connectivity index (χ3v) is 5.70. The third kappa shape index (κ3) is 5.02. The molecule has 4 nitrogen and oxygen atoms in total. The summed E-state index contributed by atoms with van der Waals surface area (Å²) in [5.74, 6) is -2.52. The minimum atomic E-state index is -3.82. The molecule has 8 heteroatoms. The zero-order chi connectivity index (χ0) is 17.0. The molecule has 0 N–H and O–H groups in total. The summed E-state index contributed by atoms with van der Waals surface area (Å²) in [6.07, 6.45) is 0. The lowest BCUT2D eigenvalue weighted by atomic mass is 10.2. The molecule has 0 aliphatic carbocycles. The van der Waals surface area contributed by atoms with Crippen molar-refractivity contribution in [3.05, 3.63) is 57.0 Å². The minimum Gasteiger partial charge on any atom is -0.341 e. The predicted molar refractivity (Wildman–Crippen MR) is 89.7 cm³/mol. The van der Waals surface area contributed by atoms with Crippen LogP contribution in [0.3, 0.4) is 0 Å². The average Bonchev–Trinajstić information content (AvgIpc) is 2.95. The topological polar surface area (TPSA) is 54.5 Å². The van der Waals surface area contributed by atoms with E-state index < -0.39 is 33.1 Å². The molecule has 2 aromatic rings. The lowest BCUT2D eigenvalue weighted by Crippen LogP contribution is -2.32. The van der Waals surface area contributed by atoms with Gasteiger partial charge in [-0.15, -0.1) is 0 Å². The van der Waals surface area contributed by atoms with E-state index >= 15 is 0 Å². The number of hydrogen-bond acceptors (Lipinski definition) is 4. The molecule has 1 aromatic carbocycles. The summed E-state index contributed by atoms with van der Waals surface area (Å²) in [6, 6.07) is 5.82. The quantitative estimate of drug-likeness (QED) is 0.779. The maximum atomic E-state index is 13.7. The molecule has 0 saturated heterocycles. The van der Waals surface area contributed by atoms with E-state index in [4.69, 9.17) is 11.6 Å². The highest BCUT2D eigenvalue weighted by Gasteiger charge is 2.23. The van der Waals surface area contributed by atoms with E-state index in [1.807, 2.05) is 16.8 Å². The van der Waals surface area contributed by atoms with Crippen molar-refractivity contribution in [1.82, 2.24) is 4.90 Å². The van der Waals surface area contributed by atoms with Crippen molar-refractivity contribution in [3.63, 3.8) is 0 Å². The van der Waals surface area contributed by atoms with Crippen molar-refractivity contribution in [2.75, 3.05) is 12.8 Å². The second-order valence-electron chi connectivity index (χ2n) is 5.11. The van der Waals surface area contributed by atoms with Gasteiger partial charge in [-0.2, -0.15) is 11.3 Å². The largest absolute Gasteiger partial charge is 0.341 e. The molecule has 0 atom stereocenters. The van der Waals surface area contributed by atoms with E-state index in [-0.39, 0.29) is 10.6 Å². The number of carbonyl (C=O) groups excluding carboxylic acids is 1. The molecule has 23 heavy (non-hydrogen) atoms. The van der Waals surface area contributed by atoms with Gasteiger partial charge in [0.15, 0.2) is 9.84 Å². The van der Waals surface area contributed by atoms with Crippen molar-refractivity contribution < 1.29 is 17.6 Å². The van der Waals surface area contributed by atoms with Crippen molar-refractivity contribution >= 4 is 38.7 Å². The highest BCUT2D eigenvalue weighted by atomic mass is 35.5. The SMILES string of the molecule is CN(Cc1ccsc1)C(=O)CS(=O)(=O)Cc1c(F)cccc1Cl. The summed E-state index contributed by atoms with van der Waals surface area (Å²) in [4.78, 5) is 13.4. The van der Waals surface area contributed by atoms with Crippen LogP contribution < -0.4 is 0 Å². The van der Waals surface area contributed by atoms with E-state index in [1.165, 1.54) is 35.4 Å². The van der Waals surface area contributed by atoms with Gasteiger partial charge in [-0.05, 0) is 34.5 Å². The fourth-order valence-corrected chi connectivity index (χ4v) is 4.38. The highest BCUT2D eigenvalue weighted by molar-refractivity contribution is 7.91. The van der Waals surface area contributed by atoms with Crippen LogP contribution in [-0.4, -0.2) is 32.0 Å². The van der Waals surface area contributed by atoms with Crippen LogP contribution in [0.15, 0.2) is 35.0 Å². The van der Waals surface area contributed by atoms with Crippen LogP contribution in [0.1, 0.15) is 11.1 Å². The molecular formula is C15H15ClFNO3S2. The minimum absolute atomic E-state index is 0.0349. The first-order valence-corrected chi connectivity index (χ1v) is 9.81. The fourth-order valence-electron chi connectivity index (χ4n) is 1.98. The van der Waals surface area contributed by atoms with Crippen molar-refractivity contribution in [2.45, 2.75) is 12.3 Å². The molecule has 1 heterocycles. The van der Waals surface area contributed by atoms with Crippen molar-refractivity contribution in [1.29, 1.82) is 0 Å². The van der Waals surface area contributed by atoms with Crippen LogP contribution in [0.5, 0.6) is 0 Å². The Balaban J connectivity index is 2.04. The number of nitrogens with zero attached hydrogens (tertiary/aromatic N) is 1. The van der Waals surface area contributed by atoms with Crippen LogP contribution in [-0.2, 0) is 26.9 Å². The molecule has 0 fully saturated rings. The first kappa shape index (κ1) is 17.9. The first-order valence-electron chi connectivity index (χ1n) is 6.67. The monoisotopic (exact) mass is 375 g/mol. The number of halogens is 2.